The van der Waals surface area contributed by atoms with Gasteiger partial charge in [0.1, 0.15) is 7.11 Å². The number of carbonyl (C=O) groups is 1. The molecular formula is C17H33O2. The molecule has 1 radical (unpaired) electrons. The molecule has 0 rings (SSSR count). The maximum absolute atomic E-state index is 10.8. The summed E-state index contributed by atoms with van der Waals surface area (Å²) >= 11 is 0. The first-order valence-corrected chi connectivity index (χ1v) is 8.26. The SMILES string of the molecule is [CH2]OC(=O)CCCCCCCCCCCCCCC. The lowest BCUT2D eigenvalue weighted by molar-refractivity contribution is -0.138. The Hall–Kier alpha value is -0.530. The number of hydrogen-bond acceptors (Lipinski definition) is 2. The fraction of sp³-hybridized carbons (Fsp3) is 0.882. The van der Waals surface area contributed by atoms with Gasteiger partial charge in [0, 0.05) is 6.42 Å². The molecule has 113 valence electrons. The van der Waals surface area contributed by atoms with Crippen molar-refractivity contribution in [2.24, 2.45) is 0 Å². The van der Waals surface area contributed by atoms with Crippen molar-refractivity contribution in [2.45, 2.75) is 96.8 Å². The number of hydrogen-bond donors (Lipinski definition) is 0. The second-order valence-electron chi connectivity index (χ2n) is 5.51. The van der Waals surface area contributed by atoms with Crippen LogP contribution in [-0.2, 0) is 9.53 Å². The molecule has 0 aliphatic heterocycles. The fourth-order valence-corrected chi connectivity index (χ4v) is 2.36. The molecule has 19 heavy (non-hydrogen) atoms. The summed E-state index contributed by atoms with van der Waals surface area (Å²) in [4.78, 5) is 10.8. The monoisotopic (exact) mass is 269 g/mol. The molecule has 0 N–H and O–H groups in total. The zero-order chi connectivity index (χ0) is 14.2. The average Bonchev–Trinajstić information content (AvgIpc) is 2.43. The van der Waals surface area contributed by atoms with Crippen LogP contribution in [-0.4, -0.2) is 5.97 Å². The highest BCUT2D eigenvalue weighted by Gasteiger charge is 1.99. The minimum Gasteiger partial charge on any atom is -0.462 e. The first-order valence-electron chi connectivity index (χ1n) is 8.26. The summed E-state index contributed by atoms with van der Waals surface area (Å²) in [5.41, 5.74) is 0. The standard InChI is InChI=1S/C17H33O2/c1-3-4-5-6-7-8-9-10-11-12-13-14-15-16-17(18)19-2/h2-16H2,1H3. The van der Waals surface area contributed by atoms with Crippen LogP contribution >= 0.6 is 0 Å². The van der Waals surface area contributed by atoms with E-state index in [0.29, 0.717) is 6.42 Å². The second-order valence-corrected chi connectivity index (χ2v) is 5.51. The highest BCUT2D eigenvalue weighted by molar-refractivity contribution is 5.69. The number of ether oxygens (including phenoxy) is 1. The van der Waals surface area contributed by atoms with E-state index in [1.54, 1.807) is 0 Å². The van der Waals surface area contributed by atoms with Crippen molar-refractivity contribution in [2.75, 3.05) is 0 Å². The van der Waals surface area contributed by atoms with E-state index in [0.717, 1.165) is 12.8 Å². The Kier molecular flexibility index (Phi) is 15.1. The third kappa shape index (κ3) is 15.4. The van der Waals surface area contributed by atoms with Gasteiger partial charge in [0.25, 0.3) is 0 Å². The van der Waals surface area contributed by atoms with Gasteiger partial charge in [0.2, 0.25) is 0 Å². The molecular weight excluding hydrogens is 236 g/mol. The molecule has 0 fully saturated rings. The predicted octanol–water partition coefficient (Wildman–Crippen LogP) is 5.80. The Balaban J connectivity index is 2.97. The van der Waals surface area contributed by atoms with Crippen molar-refractivity contribution in [1.82, 2.24) is 0 Å². The summed E-state index contributed by atoms with van der Waals surface area (Å²) in [5.74, 6) is -0.178. The van der Waals surface area contributed by atoms with Gasteiger partial charge in [-0.3, -0.25) is 4.79 Å². The Labute approximate surface area is 120 Å². The summed E-state index contributed by atoms with van der Waals surface area (Å²) in [6.07, 6.45) is 17.8. The smallest absolute Gasteiger partial charge is 0.305 e. The maximum atomic E-state index is 10.8. The van der Waals surface area contributed by atoms with E-state index < -0.39 is 0 Å². The third-order valence-electron chi connectivity index (χ3n) is 3.65. The van der Waals surface area contributed by atoms with Crippen LogP contribution in [0.4, 0.5) is 0 Å². The number of carbonyl (C=O) groups excluding carboxylic acids is 1. The summed E-state index contributed by atoms with van der Waals surface area (Å²) in [7, 11) is 3.12. The molecule has 0 heterocycles. The topological polar surface area (TPSA) is 26.3 Å². The largest absolute Gasteiger partial charge is 0.462 e. The van der Waals surface area contributed by atoms with Crippen LogP contribution in [0.2, 0.25) is 0 Å². The van der Waals surface area contributed by atoms with Crippen LogP contribution in [0, 0.1) is 7.11 Å². The van der Waals surface area contributed by atoms with Crippen molar-refractivity contribution >= 4 is 5.97 Å². The van der Waals surface area contributed by atoms with Gasteiger partial charge < -0.3 is 4.74 Å². The highest BCUT2D eigenvalue weighted by atomic mass is 16.5. The molecule has 2 heteroatoms. The summed E-state index contributed by atoms with van der Waals surface area (Å²) in [6.45, 7) is 2.27. The molecule has 0 spiro atoms. The van der Waals surface area contributed by atoms with Crippen molar-refractivity contribution in [3.05, 3.63) is 7.11 Å². The summed E-state index contributed by atoms with van der Waals surface area (Å²) in [6, 6.07) is 0. The van der Waals surface area contributed by atoms with Gasteiger partial charge in [-0.1, -0.05) is 84.0 Å². The van der Waals surface area contributed by atoms with Gasteiger partial charge in [-0.05, 0) is 6.42 Å². The van der Waals surface area contributed by atoms with E-state index in [2.05, 4.69) is 18.8 Å². The third-order valence-corrected chi connectivity index (χ3v) is 3.65. The summed E-state index contributed by atoms with van der Waals surface area (Å²) < 4.78 is 4.37. The van der Waals surface area contributed by atoms with Crippen LogP contribution in [0.1, 0.15) is 96.8 Å². The van der Waals surface area contributed by atoms with E-state index in [1.165, 1.54) is 70.6 Å². The Morgan fingerprint density at radius 3 is 1.47 bits per heavy atom. The number of unbranched alkanes of at least 4 members (excludes halogenated alkanes) is 12. The molecule has 0 saturated carbocycles. The van der Waals surface area contributed by atoms with Crippen LogP contribution in [0.5, 0.6) is 0 Å². The van der Waals surface area contributed by atoms with Crippen LogP contribution in [0.15, 0.2) is 0 Å². The molecule has 0 aromatic carbocycles. The van der Waals surface area contributed by atoms with E-state index in [9.17, 15) is 4.79 Å². The second kappa shape index (κ2) is 15.5. The van der Waals surface area contributed by atoms with Crippen LogP contribution in [0.3, 0.4) is 0 Å². The predicted molar refractivity (Wildman–Crippen MR) is 81.8 cm³/mol. The van der Waals surface area contributed by atoms with Gasteiger partial charge in [0.15, 0.2) is 0 Å². The molecule has 0 unspecified atom stereocenters. The van der Waals surface area contributed by atoms with E-state index in [1.807, 2.05) is 0 Å². The van der Waals surface area contributed by atoms with Crippen molar-refractivity contribution in [1.29, 1.82) is 0 Å². The minimum atomic E-state index is -0.178. The fourth-order valence-electron chi connectivity index (χ4n) is 2.36. The first kappa shape index (κ1) is 18.5. The zero-order valence-electron chi connectivity index (χ0n) is 12.9. The molecule has 2 nitrogen and oxygen atoms in total. The molecule has 0 aromatic rings. The Morgan fingerprint density at radius 1 is 0.737 bits per heavy atom. The average molecular weight is 269 g/mol. The lowest BCUT2D eigenvalue weighted by Crippen LogP contribution is -1.97. The summed E-state index contributed by atoms with van der Waals surface area (Å²) in [5, 5.41) is 0. The van der Waals surface area contributed by atoms with Gasteiger partial charge in [-0.15, -0.1) is 0 Å². The zero-order valence-corrected chi connectivity index (χ0v) is 12.9. The minimum absolute atomic E-state index is 0.178. The van der Waals surface area contributed by atoms with Crippen LogP contribution < -0.4 is 0 Å². The van der Waals surface area contributed by atoms with E-state index in [-0.39, 0.29) is 5.97 Å². The van der Waals surface area contributed by atoms with Crippen molar-refractivity contribution in [3.8, 4) is 0 Å². The van der Waals surface area contributed by atoms with Crippen LogP contribution in [0.25, 0.3) is 0 Å². The molecule has 0 aliphatic rings. The Bertz CT molecular complexity index is 190. The molecule has 0 saturated heterocycles. The van der Waals surface area contributed by atoms with Gasteiger partial charge >= 0.3 is 5.97 Å². The van der Waals surface area contributed by atoms with Crippen molar-refractivity contribution in [3.63, 3.8) is 0 Å². The Morgan fingerprint density at radius 2 is 1.11 bits per heavy atom. The van der Waals surface area contributed by atoms with Gasteiger partial charge in [0.05, 0.1) is 0 Å². The molecule has 0 atom stereocenters. The van der Waals surface area contributed by atoms with Crippen molar-refractivity contribution < 1.29 is 9.53 Å². The van der Waals surface area contributed by atoms with Gasteiger partial charge in [-0.2, -0.15) is 0 Å². The highest BCUT2D eigenvalue weighted by Crippen LogP contribution is 2.12. The maximum Gasteiger partial charge on any atom is 0.305 e. The van der Waals surface area contributed by atoms with E-state index in [4.69, 9.17) is 0 Å². The quantitative estimate of drug-likeness (QED) is 0.294. The molecule has 0 amide bonds. The molecule has 0 aliphatic carbocycles. The normalized spacial score (nSPS) is 10.6. The van der Waals surface area contributed by atoms with Gasteiger partial charge in [-0.25, -0.2) is 0 Å². The lowest BCUT2D eigenvalue weighted by Gasteiger charge is -2.02. The lowest BCUT2D eigenvalue weighted by atomic mass is 10.0. The molecule has 0 bridgehead atoms. The first-order chi connectivity index (χ1) is 9.31. The molecule has 0 aromatic heterocycles. The van der Waals surface area contributed by atoms with E-state index >= 15 is 0 Å². The number of rotatable bonds is 14. The number of esters is 1.